The summed E-state index contributed by atoms with van der Waals surface area (Å²) in [7, 11) is 3.29. The lowest BCUT2D eigenvalue weighted by atomic mass is 10.1. The third-order valence-electron chi connectivity index (χ3n) is 4.92. The van der Waals surface area contributed by atoms with E-state index in [0.29, 0.717) is 24.2 Å². The summed E-state index contributed by atoms with van der Waals surface area (Å²) in [5, 5.41) is 7.44. The third kappa shape index (κ3) is 4.61. The number of nitrogen functional groups attached to an aromatic ring is 1. The van der Waals surface area contributed by atoms with Crippen LogP contribution in [0.3, 0.4) is 0 Å². The van der Waals surface area contributed by atoms with Crippen molar-refractivity contribution < 1.29 is 14.3 Å². The number of carbonyl (C=O) groups is 1. The zero-order chi connectivity index (χ0) is 20.1. The molecule has 0 spiro atoms. The number of amides is 1. The normalized spacial score (nSPS) is 14.6. The molecule has 28 heavy (non-hydrogen) atoms. The lowest BCUT2D eigenvalue weighted by Crippen LogP contribution is -2.48. The van der Waals surface area contributed by atoms with Crippen LogP contribution in [0.25, 0.3) is 0 Å². The van der Waals surface area contributed by atoms with Crippen LogP contribution in [0.2, 0.25) is 0 Å². The maximum absolute atomic E-state index is 12.7. The highest BCUT2D eigenvalue weighted by atomic mass is 16.5. The zero-order valence-electron chi connectivity index (χ0n) is 16.3. The first-order valence-corrected chi connectivity index (χ1v) is 9.18. The van der Waals surface area contributed by atoms with Crippen LogP contribution in [0.5, 0.6) is 11.5 Å². The van der Waals surface area contributed by atoms with Crippen LogP contribution in [0.15, 0.2) is 42.5 Å². The van der Waals surface area contributed by atoms with Gasteiger partial charge in [0.25, 0.3) is 5.91 Å². The number of piperazine rings is 1. The largest absolute Gasteiger partial charge is 0.497 e. The van der Waals surface area contributed by atoms with E-state index in [1.165, 1.54) is 0 Å². The molecule has 1 fully saturated rings. The fourth-order valence-corrected chi connectivity index (χ4v) is 3.30. The molecule has 2 aromatic carbocycles. The van der Waals surface area contributed by atoms with E-state index >= 15 is 0 Å². The van der Waals surface area contributed by atoms with Gasteiger partial charge in [0.15, 0.2) is 0 Å². The second-order valence-electron chi connectivity index (χ2n) is 6.78. The van der Waals surface area contributed by atoms with Gasteiger partial charge >= 0.3 is 0 Å². The van der Waals surface area contributed by atoms with Gasteiger partial charge in [-0.1, -0.05) is 12.1 Å². The Bertz CT molecular complexity index is 821. The summed E-state index contributed by atoms with van der Waals surface area (Å²) < 4.78 is 10.7. The van der Waals surface area contributed by atoms with Crippen LogP contribution in [0.4, 0.5) is 0 Å². The number of amidine groups is 1. The molecule has 0 atom stereocenters. The molecule has 7 heteroatoms. The van der Waals surface area contributed by atoms with Gasteiger partial charge in [0.1, 0.15) is 17.3 Å². The topological polar surface area (TPSA) is 91.9 Å². The molecule has 0 radical (unpaired) electrons. The highest BCUT2D eigenvalue weighted by Gasteiger charge is 2.22. The zero-order valence-corrected chi connectivity index (χ0v) is 16.3. The van der Waals surface area contributed by atoms with Gasteiger partial charge < -0.3 is 20.1 Å². The Balaban J connectivity index is 1.58. The molecule has 1 aliphatic heterocycles. The van der Waals surface area contributed by atoms with Crippen molar-refractivity contribution in [1.82, 2.24) is 9.80 Å². The van der Waals surface area contributed by atoms with E-state index in [2.05, 4.69) is 4.90 Å². The lowest BCUT2D eigenvalue weighted by Gasteiger charge is -2.35. The maximum Gasteiger partial charge on any atom is 0.253 e. The fraction of sp³-hybridized carbons (Fsp3) is 0.333. The van der Waals surface area contributed by atoms with Crippen LogP contribution in [0, 0.1) is 5.41 Å². The number of rotatable bonds is 6. The molecule has 3 rings (SSSR count). The Kier molecular flexibility index (Phi) is 6.16. The minimum atomic E-state index is 0.00165. The van der Waals surface area contributed by atoms with Crippen LogP contribution in [-0.2, 0) is 6.54 Å². The first kappa shape index (κ1) is 19.7. The monoisotopic (exact) mass is 382 g/mol. The van der Waals surface area contributed by atoms with Crippen molar-refractivity contribution in [3.63, 3.8) is 0 Å². The quantitative estimate of drug-likeness (QED) is 0.588. The van der Waals surface area contributed by atoms with Crippen LogP contribution >= 0.6 is 0 Å². The van der Waals surface area contributed by atoms with Crippen molar-refractivity contribution in [3.05, 3.63) is 59.2 Å². The average molecular weight is 382 g/mol. The van der Waals surface area contributed by atoms with Crippen LogP contribution in [-0.4, -0.2) is 61.9 Å². The standard InChI is InChI=1S/C21H26N4O3/c1-27-18-11-15(12-19(13-18)28-2)14-24-7-9-25(10-8-24)21(26)17-5-3-16(4-6-17)20(22)23/h3-6,11-13H,7-10,14H2,1-2H3,(H3,22,23). The van der Waals surface area contributed by atoms with E-state index in [1.54, 1.807) is 38.5 Å². The second kappa shape index (κ2) is 8.75. The Morgan fingerprint density at radius 2 is 1.50 bits per heavy atom. The fourth-order valence-electron chi connectivity index (χ4n) is 3.30. The average Bonchev–Trinajstić information content (AvgIpc) is 2.73. The van der Waals surface area contributed by atoms with Gasteiger partial charge in [-0.2, -0.15) is 0 Å². The molecular formula is C21H26N4O3. The molecule has 0 saturated carbocycles. The van der Waals surface area contributed by atoms with E-state index in [0.717, 1.165) is 36.7 Å². The van der Waals surface area contributed by atoms with Gasteiger partial charge in [0.05, 0.1) is 14.2 Å². The molecule has 1 heterocycles. The second-order valence-corrected chi connectivity index (χ2v) is 6.78. The lowest BCUT2D eigenvalue weighted by molar-refractivity contribution is 0.0628. The summed E-state index contributed by atoms with van der Waals surface area (Å²) >= 11 is 0. The summed E-state index contributed by atoms with van der Waals surface area (Å²) in [5.41, 5.74) is 7.83. The molecule has 148 valence electrons. The smallest absolute Gasteiger partial charge is 0.253 e. The van der Waals surface area contributed by atoms with Crippen molar-refractivity contribution in [1.29, 1.82) is 5.41 Å². The van der Waals surface area contributed by atoms with E-state index in [9.17, 15) is 4.79 Å². The van der Waals surface area contributed by atoms with Crippen molar-refractivity contribution in [2.45, 2.75) is 6.54 Å². The Hall–Kier alpha value is -3.06. The molecule has 1 saturated heterocycles. The predicted octanol–water partition coefficient (Wildman–Crippen LogP) is 1.95. The number of nitrogens with one attached hydrogen (secondary N) is 1. The van der Waals surface area contributed by atoms with Crippen LogP contribution in [0.1, 0.15) is 21.5 Å². The molecule has 1 aliphatic rings. The minimum Gasteiger partial charge on any atom is -0.497 e. The minimum absolute atomic E-state index is 0.00165. The Morgan fingerprint density at radius 3 is 2.00 bits per heavy atom. The molecule has 0 unspecified atom stereocenters. The number of carbonyl (C=O) groups excluding carboxylic acids is 1. The first-order valence-electron chi connectivity index (χ1n) is 9.18. The number of nitrogens with two attached hydrogens (primary N) is 1. The maximum atomic E-state index is 12.7. The van der Waals surface area contributed by atoms with Gasteiger partial charge in [-0.25, -0.2) is 0 Å². The SMILES string of the molecule is COc1cc(CN2CCN(C(=O)c3ccc(C(=N)N)cc3)CC2)cc(OC)c1. The van der Waals surface area contributed by atoms with Crippen molar-refractivity contribution >= 4 is 11.7 Å². The number of nitrogens with zero attached hydrogens (tertiary/aromatic N) is 2. The molecule has 1 amide bonds. The molecule has 0 aliphatic carbocycles. The van der Waals surface area contributed by atoms with Gasteiger partial charge in [-0.3, -0.25) is 15.1 Å². The van der Waals surface area contributed by atoms with Crippen molar-refractivity contribution in [2.24, 2.45) is 5.73 Å². The number of hydrogen-bond acceptors (Lipinski definition) is 5. The van der Waals surface area contributed by atoms with Gasteiger partial charge in [-0.15, -0.1) is 0 Å². The molecule has 0 bridgehead atoms. The van der Waals surface area contributed by atoms with Crippen LogP contribution < -0.4 is 15.2 Å². The van der Waals surface area contributed by atoms with E-state index < -0.39 is 0 Å². The first-order chi connectivity index (χ1) is 13.5. The summed E-state index contributed by atoms with van der Waals surface area (Å²) in [6.45, 7) is 3.74. The summed E-state index contributed by atoms with van der Waals surface area (Å²) in [6.07, 6.45) is 0. The molecule has 0 aromatic heterocycles. The van der Waals surface area contributed by atoms with Crippen molar-refractivity contribution in [2.75, 3.05) is 40.4 Å². The molecule has 3 N–H and O–H groups in total. The number of hydrogen-bond donors (Lipinski definition) is 2. The number of benzene rings is 2. The summed E-state index contributed by atoms with van der Waals surface area (Å²) in [5.74, 6) is 1.56. The summed E-state index contributed by atoms with van der Waals surface area (Å²) in [6, 6.07) is 12.8. The summed E-state index contributed by atoms with van der Waals surface area (Å²) in [4.78, 5) is 16.9. The third-order valence-corrected chi connectivity index (χ3v) is 4.92. The van der Waals surface area contributed by atoms with Gasteiger partial charge in [-0.05, 0) is 29.8 Å². The van der Waals surface area contributed by atoms with E-state index in [-0.39, 0.29) is 11.7 Å². The molecule has 2 aromatic rings. The molecule has 7 nitrogen and oxygen atoms in total. The van der Waals surface area contributed by atoms with Gasteiger partial charge in [0.2, 0.25) is 0 Å². The molecular weight excluding hydrogens is 356 g/mol. The number of methoxy groups -OCH3 is 2. The van der Waals surface area contributed by atoms with E-state index in [4.69, 9.17) is 20.6 Å². The highest BCUT2D eigenvalue weighted by Crippen LogP contribution is 2.24. The van der Waals surface area contributed by atoms with Crippen molar-refractivity contribution in [3.8, 4) is 11.5 Å². The van der Waals surface area contributed by atoms with Gasteiger partial charge in [0, 0.05) is 49.9 Å². The van der Waals surface area contributed by atoms with E-state index in [1.807, 2.05) is 23.1 Å². The predicted molar refractivity (Wildman–Crippen MR) is 108 cm³/mol. The number of ether oxygens (including phenoxy) is 2. The Labute approximate surface area is 165 Å². The Morgan fingerprint density at radius 1 is 0.964 bits per heavy atom. The highest BCUT2D eigenvalue weighted by molar-refractivity contribution is 5.98.